The van der Waals surface area contributed by atoms with E-state index in [1.54, 1.807) is 18.4 Å². The number of nitrogens with one attached hydrogen (secondary N) is 1. The first kappa shape index (κ1) is 13.6. The summed E-state index contributed by atoms with van der Waals surface area (Å²) in [6.07, 6.45) is 3.94. The highest BCUT2D eigenvalue weighted by Gasteiger charge is 2.17. The van der Waals surface area contributed by atoms with Crippen molar-refractivity contribution < 1.29 is 4.74 Å². The van der Waals surface area contributed by atoms with Gasteiger partial charge < -0.3 is 10.1 Å². The number of rotatable bonds is 7. The van der Waals surface area contributed by atoms with Gasteiger partial charge in [0.1, 0.15) is 5.01 Å². The first-order chi connectivity index (χ1) is 7.59. The summed E-state index contributed by atoms with van der Waals surface area (Å²) >= 11 is 1.71. The minimum absolute atomic E-state index is 0.0475. The summed E-state index contributed by atoms with van der Waals surface area (Å²) in [4.78, 5) is 4.35. The standard InChI is InChI=1S/C12H22N2OS/c1-5-10(11-14-8-9-16-11)13-7-6-12(2,3)15-4/h8-10,13H,5-7H2,1-4H3. The second-order valence-electron chi connectivity index (χ2n) is 4.50. The number of methoxy groups -OCH3 is 1. The van der Waals surface area contributed by atoms with E-state index in [1.807, 2.05) is 11.6 Å². The van der Waals surface area contributed by atoms with E-state index in [1.165, 1.54) is 5.01 Å². The Morgan fingerprint density at radius 3 is 2.81 bits per heavy atom. The zero-order valence-electron chi connectivity index (χ0n) is 10.6. The maximum absolute atomic E-state index is 5.39. The highest BCUT2D eigenvalue weighted by molar-refractivity contribution is 7.09. The van der Waals surface area contributed by atoms with Gasteiger partial charge in [0, 0.05) is 18.7 Å². The first-order valence-electron chi connectivity index (χ1n) is 5.77. The van der Waals surface area contributed by atoms with Crippen LogP contribution in [0.5, 0.6) is 0 Å². The normalized spacial score (nSPS) is 14.0. The predicted molar refractivity (Wildman–Crippen MR) is 68.9 cm³/mol. The highest BCUT2D eigenvalue weighted by atomic mass is 32.1. The molecular weight excluding hydrogens is 220 g/mol. The summed E-state index contributed by atoms with van der Waals surface area (Å²) < 4.78 is 5.39. The molecule has 0 bridgehead atoms. The van der Waals surface area contributed by atoms with Crippen LogP contribution in [-0.2, 0) is 4.74 Å². The second-order valence-corrected chi connectivity index (χ2v) is 5.43. The molecule has 0 aliphatic carbocycles. The molecule has 0 saturated carbocycles. The first-order valence-corrected chi connectivity index (χ1v) is 6.65. The molecule has 3 nitrogen and oxygen atoms in total. The van der Waals surface area contributed by atoms with E-state index in [4.69, 9.17) is 4.74 Å². The lowest BCUT2D eigenvalue weighted by molar-refractivity contribution is 0.0153. The molecule has 1 aromatic heterocycles. The molecule has 16 heavy (non-hydrogen) atoms. The molecule has 1 N–H and O–H groups in total. The fraction of sp³-hybridized carbons (Fsp3) is 0.750. The van der Waals surface area contributed by atoms with Crippen molar-refractivity contribution in [3.63, 3.8) is 0 Å². The lowest BCUT2D eigenvalue weighted by Crippen LogP contribution is -2.30. The molecule has 0 aromatic carbocycles. The molecule has 0 aliphatic heterocycles. The number of ether oxygens (including phenoxy) is 1. The third-order valence-corrected chi connectivity index (χ3v) is 3.72. The number of hydrogen-bond donors (Lipinski definition) is 1. The molecule has 0 aliphatic rings. The monoisotopic (exact) mass is 242 g/mol. The van der Waals surface area contributed by atoms with Gasteiger partial charge in [0.2, 0.25) is 0 Å². The third-order valence-electron chi connectivity index (χ3n) is 2.83. The maximum atomic E-state index is 5.39. The van der Waals surface area contributed by atoms with E-state index in [9.17, 15) is 0 Å². The van der Waals surface area contributed by atoms with Gasteiger partial charge in [-0.3, -0.25) is 0 Å². The smallest absolute Gasteiger partial charge is 0.109 e. The summed E-state index contributed by atoms with van der Waals surface area (Å²) in [6.45, 7) is 7.36. The van der Waals surface area contributed by atoms with E-state index in [-0.39, 0.29) is 5.60 Å². The van der Waals surface area contributed by atoms with Gasteiger partial charge in [-0.05, 0) is 33.2 Å². The van der Waals surface area contributed by atoms with Crippen LogP contribution >= 0.6 is 11.3 Å². The maximum Gasteiger partial charge on any atom is 0.109 e. The molecule has 0 spiro atoms. The van der Waals surface area contributed by atoms with Gasteiger partial charge in [-0.2, -0.15) is 0 Å². The average molecular weight is 242 g/mol. The van der Waals surface area contributed by atoms with Crippen LogP contribution in [0.3, 0.4) is 0 Å². The van der Waals surface area contributed by atoms with Crippen molar-refractivity contribution in [3.05, 3.63) is 16.6 Å². The van der Waals surface area contributed by atoms with Crippen molar-refractivity contribution in [2.75, 3.05) is 13.7 Å². The predicted octanol–water partition coefficient (Wildman–Crippen LogP) is 3.00. The van der Waals surface area contributed by atoms with Crippen LogP contribution in [-0.4, -0.2) is 24.2 Å². The Morgan fingerprint density at radius 2 is 2.31 bits per heavy atom. The van der Waals surface area contributed by atoms with E-state index in [0.717, 1.165) is 19.4 Å². The van der Waals surface area contributed by atoms with Gasteiger partial charge in [-0.15, -0.1) is 11.3 Å². The lowest BCUT2D eigenvalue weighted by atomic mass is 10.1. The van der Waals surface area contributed by atoms with Gasteiger partial charge in [-0.1, -0.05) is 6.92 Å². The molecular formula is C12H22N2OS. The minimum atomic E-state index is -0.0475. The van der Waals surface area contributed by atoms with Crippen molar-refractivity contribution in [1.29, 1.82) is 0 Å². The molecule has 0 fully saturated rings. The van der Waals surface area contributed by atoms with Gasteiger partial charge in [0.15, 0.2) is 0 Å². The van der Waals surface area contributed by atoms with Crippen LogP contribution in [0.25, 0.3) is 0 Å². The fourth-order valence-electron chi connectivity index (χ4n) is 1.46. The third kappa shape index (κ3) is 4.20. The topological polar surface area (TPSA) is 34.1 Å². The molecule has 1 unspecified atom stereocenters. The largest absolute Gasteiger partial charge is 0.379 e. The van der Waals surface area contributed by atoms with E-state index in [0.29, 0.717) is 6.04 Å². The molecule has 1 atom stereocenters. The Hall–Kier alpha value is -0.450. The van der Waals surface area contributed by atoms with Crippen LogP contribution in [0.2, 0.25) is 0 Å². The van der Waals surface area contributed by atoms with Crippen LogP contribution in [0, 0.1) is 0 Å². The quantitative estimate of drug-likeness (QED) is 0.798. The zero-order chi connectivity index (χ0) is 12.0. The van der Waals surface area contributed by atoms with Gasteiger partial charge in [0.25, 0.3) is 0 Å². The minimum Gasteiger partial charge on any atom is -0.379 e. The van der Waals surface area contributed by atoms with Gasteiger partial charge in [0.05, 0.1) is 11.6 Å². The van der Waals surface area contributed by atoms with Crippen molar-refractivity contribution in [1.82, 2.24) is 10.3 Å². The lowest BCUT2D eigenvalue weighted by Gasteiger charge is -2.24. The van der Waals surface area contributed by atoms with Crippen molar-refractivity contribution in [2.24, 2.45) is 0 Å². The molecule has 0 saturated heterocycles. The zero-order valence-corrected chi connectivity index (χ0v) is 11.4. The second kappa shape index (κ2) is 6.33. The Balaban J connectivity index is 2.36. The SMILES string of the molecule is CCC(NCCC(C)(C)OC)c1nccs1. The van der Waals surface area contributed by atoms with Crippen molar-refractivity contribution in [3.8, 4) is 0 Å². The molecule has 0 amide bonds. The Labute approximate surface area is 102 Å². The summed E-state index contributed by atoms with van der Waals surface area (Å²) in [5.74, 6) is 0. The highest BCUT2D eigenvalue weighted by Crippen LogP contribution is 2.19. The number of hydrogen-bond acceptors (Lipinski definition) is 4. The van der Waals surface area contributed by atoms with Gasteiger partial charge in [-0.25, -0.2) is 4.98 Å². The van der Waals surface area contributed by atoms with Crippen LogP contribution < -0.4 is 5.32 Å². The molecule has 92 valence electrons. The van der Waals surface area contributed by atoms with Crippen LogP contribution in [0.1, 0.15) is 44.7 Å². The molecule has 4 heteroatoms. The number of thiazole rings is 1. The van der Waals surface area contributed by atoms with Crippen LogP contribution in [0.4, 0.5) is 0 Å². The Kier molecular flexibility index (Phi) is 5.38. The molecule has 1 heterocycles. The van der Waals surface area contributed by atoms with E-state index >= 15 is 0 Å². The average Bonchev–Trinajstić information content (AvgIpc) is 2.78. The van der Waals surface area contributed by atoms with Crippen LogP contribution in [0.15, 0.2) is 11.6 Å². The van der Waals surface area contributed by atoms with E-state index in [2.05, 4.69) is 31.1 Å². The number of nitrogens with zero attached hydrogens (tertiary/aromatic N) is 1. The molecule has 0 radical (unpaired) electrons. The molecule has 1 rings (SSSR count). The van der Waals surface area contributed by atoms with Crippen molar-refractivity contribution in [2.45, 2.75) is 45.3 Å². The fourth-order valence-corrected chi connectivity index (χ4v) is 2.26. The summed E-state index contributed by atoms with van der Waals surface area (Å²) in [6, 6.07) is 0.382. The van der Waals surface area contributed by atoms with Crippen molar-refractivity contribution >= 4 is 11.3 Å². The van der Waals surface area contributed by atoms with E-state index < -0.39 is 0 Å². The number of aromatic nitrogens is 1. The Morgan fingerprint density at radius 1 is 1.56 bits per heavy atom. The molecule has 1 aromatic rings. The Bertz CT molecular complexity index is 285. The summed E-state index contributed by atoms with van der Waals surface area (Å²) in [5.41, 5.74) is -0.0475. The summed E-state index contributed by atoms with van der Waals surface area (Å²) in [5, 5.41) is 6.74. The summed E-state index contributed by atoms with van der Waals surface area (Å²) in [7, 11) is 1.76. The van der Waals surface area contributed by atoms with Gasteiger partial charge >= 0.3 is 0 Å².